The van der Waals surface area contributed by atoms with E-state index in [0.717, 1.165) is 51.9 Å². The molecule has 6 atom stereocenters. The second-order valence-electron chi connectivity index (χ2n) is 11.2. The first kappa shape index (κ1) is 33.1. The molecular formula is C30H26N4O12S-2. The van der Waals surface area contributed by atoms with Crippen molar-refractivity contribution in [1.29, 1.82) is 0 Å². The number of ether oxygens (including phenoxy) is 1. The maximum atomic E-state index is 13.5. The zero-order valence-corrected chi connectivity index (χ0v) is 25.5. The van der Waals surface area contributed by atoms with E-state index in [1.54, 1.807) is 6.92 Å². The molecule has 3 aliphatic rings. The van der Waals surface area contributed by atoms with Gasteiger partial charge in [-0.25, -0.2) is 9.59 Å². The van der Waals surface area contributed by atoms with Gasteiger partial charge < -0.3 is 44.8 Å². The van der Waals surface area contributed by atoms with Crippen molar-refractivity contribution in [3.8, 4) is 0 Å². The van der Waals surface area contributed by atoms with Crippen LogP contribution in [0.4, 0.5) is 16.2 Å². The number of nitrogens with one attached hydrogen (secondary N) is 1. The Labute approximate surface area is 270 Å². The summed E-state index contributed by atoms with van der Waals surface area (Å²) in [7, 11) is 0. The number of carbonyl (C=O) groups excluding carboxylic acids is 6. The molecule has 5 rings (SSSR count). The van der Waals surface area contributed by atoms with E-state index >= 15 is 0 Å². The second kappa shape index (κ2) is 12.8. The Bertz CT molecular complexity index is 1730. The molecule has 0 radical (unpaired) electrons. The number of anilines is 1. The molecule has 3 aliphatic heterocycles. The van der Waals surface area contributed by atoms with Gasteiger partial charge in [0.05, 0.1) is 34.5 Å². The molecule has 2 saturated heterocycles. The number of fused-ring (bicyclic) bond motifs is 1. The minimum absolute atomic E-state index is 0.0661. The predicted octanol–water partition coefficient (Wildman–Crippen LogP) is -0.131. The van der Waals surface area contributed by atoms with E-state index in [4.69, 9.17) is 4.74 Å². The molecule has 3 heterocycles. The molecule has 2 aromatic carbocycles. The van der Waals surface area contributed by atoms with Gasteiger partial charge in [-0.2, -0.15) is 0 Å². The number of nitro benzene ring substituents is 1. The summed E-state index contributed by atoms with van der Waals surface area (Å²) in [6.45, 7) is 2.90. The van der Waals surface area contributed by atoms with E-state index in [9.17, 15) is 54.2 Å². The summed E-state index contributed by atoms with van der Waals surface area (Å²) in [6, 6.07) is 7.57. The van der Waals surface area contributed by atoms with Gasteiger partial charge in [0, 0.05) is 40.4 Å². The van der Waals surface area contributed by atoms with Gasteiger partial charge in [0.2, 0.25) is 11.8 Å². The van der Waals surface area contributed by atoms with Gasteiger partial charge >= 0.3 is 11.9 Å². The highest BCUT2D eigenvalue weighted by Crippen LogP contribution is 2.52. The van der Waals surface area contributed by atoms with Crippen molar-refractivity contribution in [2.24, 2.45) is 11.8 Å². The van der Waals surface area contributed by atoms with E-state index < -0.39 is 76.0 Å². The van der Waals surface area contributed by atoms with Crippen LogP contribution < -0.4 is 15.5 Å². The smallest absolute Gasteiger partial charge is 0.363 e. The molecule has 5 unspecified atom stereocenters. The fourth-order valence-corrected chi connectivity index (χ4v) is 7.56. The van der Waals surface area contributed by atoms with Gasteiger partial charge in [-0.15, -0.1) is 11.8 Å². The first-order valence-corrected chi connectivity index (χ1v) is 15.1. The molecule has 0 bridgehead atoms. The van der Waals surface area contributed by atoms with Crippen LogP contribution >= 0.6 is 11.8 Å². The summed E-state index contributed by atoms with van der Waals surface area (Å²) in [5, 5.41) is 46.3. The lowest BCUT2D eigenvalue weighted by atomic mass is 9.79. The van der Waals surface area contributed by atoms with Gasteiger partial charge in [0.1, 0.15) is 17.8 Å². The van der Waals surface area contributed by atoms with E-state index in [1.165, 1.54) is 25.1 Å². The quantitative estimate of drug-likeness (QED) is 0.117. The SMILES string of the molecule is CC(O)C1C(=O)N2C(C(=O)OC(=O)c3ccc([N+](=O)[O-])cc3)=C(SC3C[C@@H](C(=O)Nc4cccc(C(=O)[O-])c4)N(C(=O)[O-])C3)C(C)C12. The first-order valence-electron chi connectivity index (χ1n) is 14.2. The van der Waals surface area contributed by atoms with Crippen LogP contribution in [-0.4, -0.2) is 85.6 Å². The Balaban J connectivity index is 1.39. The van der Waals surface area contributed by atoms with Crippen LogP contribution in [0.15, 0.2) is 59.1 Å². The van der Waals surface area contributed by atoms with Crippen LogP contribution in [0.3, 0.4) is 0 Å². The van der Waals surface area contributed by atoms with Gasteiger partial charge in [-0.3, -0.25) is 19.7 Å². The van der Waals surface area contributed by atoms with Crippen LogP contribution in [0, 0.1) is 22.0 Å². The van der Waals surface area contributed by atoms with Crippen LogP contribution in [0.1, 0.15) is 41.0 Å². The largest absolute Gasteiger partial charge is 0.545 e. The van der Waals surface area contributed by atoms with Crippen molar-refractivity contribution >= 4 is 59.0 Å². The number of amides is 3. The molecule has 0 aliphatic carbocycles. The Morgan fingerprint density at radius 1 is 1.06 bits per heavy atom. The molecule has 16 nitrogen and oxygen atoms in total. The van der Waals surface area contributed by atoms with Crippen molar-refractivity contribution in [3.05, 3.63) is 80.4 Å². The fraction of sp³-hybridized carbons (Fsp3) is 0.333. The van der Waals surface area contributed by atoms with Crippen molar-refractivity contribution in [1.82, 2.24) is 9.80 Å². The number of carbonyl (C=O) groups is 6. The minimum Gasteiger partial charge on any atom is -0.545 e. The monoisotopic (exact) mass is 666 g/mol. The molecule has 2 fully saturated rings. The Morgan fingerprint density at radius 3 is 2.34 bits per heavy atom. The summed E-state index contributed by atoms with van der Waals surface area (Å²) in [5.74, 6) is -6.58. The molecule has 2 aromatic rings. The van der Waals surface area contributed by atoms with Gasteiger partial charge in [0.25, 0.3) is 5.69 Å². The number of hydrogen-bond acceptors (Lipinski definition) is 13. The number of aliphatic hydroxyl groups excluding tert-OH is 1. The maximum absolute atomic E-state index is 13.5. The van der Waals surface area contributed by atoms with Gasteiger partial charge in [-0.1, -0.05) is 19.1 Å². The number of nitrogens with zero attached hydrogens (tertiary/aromatic N) is 3. The molecule has 0 aromatic heterocycles. The van der Waals surface area contributed by atoms with Crippen molar-refractivity contribution in [3.63, 3.8) is 0 Å². The Kier molecular flexibility index (Phi) is 9.04. The van der Waals surface area contributed by atoms with Crippen molar-refractivity contribution in [2.75, 3.05) is 11.9 Å². The minimum atomic E-state index is -1.65. The molecule has 246 valence electrons. The number of carboxylic acid groups (broad SMARTS) is 2. The summed E-state index contributed by atoms with van der Waals surface area (Å²) in [6.07, 6.45) is -2.78. The van der Waals surface area contributed by atoms with Crippen molar-refractivity contribution in [2.45, 2.75) is 43.7 Å². The van der Waals surface area contributed by atoms with E-state index in [1.807, 2.05) is 0 Å². The molecule has 47 heavy (non-hydrogen) atoms. The highest BCUT2D eigenvalue weighted by Gasteiger charge is 2.60. The van der Waals surface area contributed by atoms with E-state index in [-0.39, 0.29) is 46.1 Å². The number of thioether (sulfide) groups is 1. The lowest BCUT2D eigenvalue weighted by molar-refractivity contribution is -0.384. The molecule has 3 amide bonds. The number of hydrogen-bond donors (Lipinski definition) is 2. The number of rotatable bonds is 9. The Morgan fingerprint density at radius 2 is 1.74 bits per heavy atom. The van der Waals surface area contributed by atoms with E-state index in [0.29, 0.717) is 0 Å². The van der Waals surface area contributed by atoms with Crippen LogP contribution in [0.2, 0.25) is 0 Å². The standard InChI is InChI=1S/C30H28N4O12S/c1-13-22-21(14(2)35)26(37)33(22)23(29(41)46-28(40)15-6-8-18(9-7-15)34(44)45)24(13)47-19-11-20(32(12-19)30(42)43)25(36)31-17-5-3-4-16(10-17)27(38)39/h3-10,13-14,19-22,35H,11-12H2,1-2H3,(H,31,36)(H,38,39)(H,42,43)/p-2/t13?,14?,19?,20-,21?,22?/m0/s1. The number of esters is 2. The second-order valence-corrected chi connectivity index (χ2v) is 12.6. The average Bonchev–Trinajstić information content (AvgIpc) is 3.55. The molecular weight excluding hydrogens is 640 g/mol. The van der Waals surface area contributed by atoms with E-state index in [2.05, 4.69) is 5.32 Å². The summed E-state index contributed by atoms with van der Waals surface area (Å²) >= 11 is 1.02. The van der Waals surface area contributed by atoms with Gasteiger partial charge in [0.15, 0.2) is 0 Å². The lowest BCUT2D eigenvalue weighted by Gasteiger charge is -2.46. The lowest BCUT2D eigenvalue weighted by Crippen LogP contribution is -2.63. The normalized spacial score (nSPS) is 23.9. The summed E-state index contributed by atoms with van der Waals surface area (Å²) in [5.41, 5.74) is -0.845. The maximum Gasteiger partial charge on any atom is 0.363 e. The average molecular weight is 667 g/mol. The third kappa shape index (κ3) is 6.26. The number of likely N-dealkylation sites (tertiary alicyclic amines) is 1. The number of non-ortho nitro benzene ring substituents is 1. The fourth-order valence-electron chi connectivity index (χ4n) is 6.04. The zero-order valence-electron chi connectivity index (χ0n) is 24.7. The third-order valence-corrected chi connectivity index (χ3v) is 9.75. The number of carboxylic acids is 1. The van der Waals surface area contributed by atoms with Crippen LogP contribution in [0.5, 0.6) is 0 Å². The van der Waals surface area contributed by atoms with Crippen LogP contribution in [0.25, 0.3) is 0 Å². The number of aliphatic hydroxyl groups is 1. The predicted molar refractivity (Wildman–Crippen MR) is 157 cm³/mol. The third-order valence-electron chi connectivity index (χ3n) is 8.26. The summed E-state index contributed by atoms with van der Waals surface area (Å²) in [4.78, 5) is 88.2. The number of benzene rings is 2. The van der Waals surface area contributed by atoms with Gasteiger partial charge in [-0.05, 0) is 43.2 Å². The topological polar surface area (TPSA) is 240 Å². The summed E-state index contributed by atoms with van der Waals surface area (Å²) < 4.78 is 5.07. The highest BCUT2D eigenvalue weighted by molar-refractivity contribution is 8.03. The van der Waals surface area contributed by atoms with Crippen molar-refractivity contribution < 1.29 is 53.7 Å². The molecule has 2 N–H and O–H groups in total. The molecule has 0 spiro atoms. The molecule has 0 saturated carbocycles. The molecule has 17 heteroatoms. The number of aromatic carboxylic acids is 1. The number of β-lactam (4-membered cyclic amide) rings is 1. The first-order chi connectivity index (χ1) is 22.2. The van der Waals surface area contributed by atoms with Crippen LogP contribution in [-0.2, 0) is 19.1 Å². The zero-order chi connectivity index (χ0) is 34.3. The highest BCUT2D eigenvalue weighted by atomic mass is 32.2. The number of nitro groups is 1. The Hall–Kier alpha value is -5.29.